The fraction of sp³-hybridized carbons (Fsp3) is 0.125. The predicted molar refractivity (Wildman–Crippen MR) is 125 cm³/mol. The molecule has 3 heterocycles. The molecule has 0 saturated heterocycles. The van der Waals surface area contributed by atoms with Crippen molar-refractivity contribution in [1.29, 1.82) is 0 Å². The van der Waals surface area contributed by atoms with E-state index >= 15 is 0 Å². The van der Waals surface area contributed by atoms with Crippen LogP contribution >= 0.6 is 0 Å². The van der Waals surface area contributed by atoms with Gasteiger partial charge in [-0.15, -0.1) is 0 Å². The average molecular weight is 497 g/mol. The molecule has 2 aromatic heterocycles. The van der Waals surface area contributed by atoms with E-state index in [2.05, 4.69) is 4.99 Å². The Balaban J connectivity index is 1.87. The molecule has 8 nitrogen and oxygen atoms in total. The van der Waals surface area contributed by atoms with E-state index < -0.39 is 39.4 Å². The summed E-state index contributed by atoms with van der Waals surface area (Å²) in [6.45, 7) is -0.244. The highest BCUT2D eigenvalue weighted by atomic mass is 32.2. The smallest absolute Gasteiger partial charge is 0.281 e. The molecule has 4 aromatic rings. The lowest BCUT2D eigenvalue weighted by atomic mass is 9.92. The molecule has 1 N–H and O–H groups in total. The van der Waals surface area contributed by atoms with Crippen LogP contribution < -0.4 is 4.72 Å². The van der Waals surface area contributed by atoms with Gasteiger partial charge in [-0.05, 0) is 30.3 Å². The summed E-state index contributed by atoms with van der Waals surface area (Å²) in [6, 6.07) is 7.97. The SMILES string of the molecule is CS(=O)(=O)NC(=O)c1c(C2C=CC=NC2=O)c2c3ccoc3ccc2n1Cc1ccc(F)cc1F. The number of hydrogen-bond donors (Lipinski definition) is 1. The summed E-state index contributed by atoms with van der Waals surface area (Å²) in [5.74, 6) is -4.19. The van der Waals surface area contributed by atoms with Crippen molar-refractivity contribution in [1.82, 2.24) is 9.29 Å². The topological polar surface area (TPSA) is 111 Å². The highest BCUT2D eigenvalue weighted by Crippen LogP contribution is 2.39. The molecule has 1 atom stereocenters. The number of hydrogen-bond acceptors (Lipinski definition) is 5. The Morgan fingerprint density at radius 3 is 2.71 bits per heavy atom. The highest BCUT2D eigenvalue weighted by Gasteiger charge is 2.33. The second-order valence-corrected chi connectivity index (χ2v) is 9.81. The third-order valence-corrected chi connectivity index (χ3v) is 6.26. The summed E-state index contributed by atoms with van der Waals surface area (Å²) in [5, 5.41) is 1.03. The number of halogens is 2. The van der Waals surface area contributed by atoms with Gasteiger partial charge < -0.3 is 8.98 Å². The third kappa shape index (κ3) is 4.03. The number of nitrogens with zero attached hydrogens (tertiary/aromatic N) is 2. The van der Waals surface area contributed by atoms with E-state index in [1.807, 2.05) is 4.72 Å². The Hall–Kier alpha value is -4.12. The molecule has 0 bridgehead atoms. The number of allylic oxidation sites excluding steroid dienone is 1. The minimum absolute atomic E-state index is 0.0547. The van der Waals surface area contributed by atoms with Gasteiger partial charge in [0.2, 0.25) is 10.0 Å². The molecule has 0 radical (unpaired) electrons. The van der Waals surface area contributed by atoms with Gasteiger partial charge in [0.05, 0.1) is 30.5 Å². The molecule has 5 rings (SSSR count). The number of dihydropyridines is 1. The maximum atomic E-state index is 14.6. The van der Waals surface area contributed by atoms with E-state index in [-0.39, 0.29) is 23.4 Å². The van der Waals surface area contributed by atoms with Crippen molar-refractivity contribution in [2.75, 3.05) is 6.26 Å². The number of rotatable bonds is 5. The van der Waals surface area contributed by atoms with Crippen molar-refractivity contribution in [3.8, 4) is 0 Å². The number of aromatic nitrogens is 1. The highest BCUT2D eigenvalue weighted by molar-refractivity contribution is 7.89. The van der Waals surface area contributed by atoms with Gasteiger partial charge in [-0.25, -0.2) is 26.9 Å². The Kier molecular flexibility index (Phi) is 5.36. The number of fused-ring (bicyclic) bond motifs is 3. The van der Waals surface area contributed by atoms with Crippen LogP contribution in [0.25, 0.3) is 21.9 Å². The zero-order valence-corrected chi connectivity index (χ0v) is 19.0. The van der Waals surface area contributed by atoms with Gasteiger partial charge in [0, 0.05) is 34.2 Å². The second kappa shape index (κ2) is 8.27. The maximum absolute atomic E-state index is 14.6. The summed E-state index contributed by atoms with van der Waals surface area (Å²) in [5.41, 5.74) is 0.984. The monoisotopic (exact) mass is 497 g/mol. The Morgan fingerprint density at radius 2 is 2.00 bits per heavy atom. The molecule has 0 saturated carbocycles. The summed E-state index contributed by atoms with van der Waals surface area (Å²) < 4.78 is 60.9. The number of carbonyl (C=O) groups excluding carboxylic acids is 2. The van der Waals surface area contributed by atoms with Crippen molar-refractivity contribution >= 4 is 49.9 Å². The van der Waals surface area contributed by atoms with Crippen LogP contribution in [0, 0.1) is 11.6 Å². The zero-order chi connectivity index (χ0) is 24.9. The van der Waals surface area contributed by atoms with Crippen LogP contribution in [0.3, 0.4) is 0 Å². The fourth-order valence-electron chi connectivity index (χ4n) is 4.33. The first kappa shape index (κ1) is 22.7. The van der Waals surface area contributed by atoms with Gasteiger partial charge in [0.1, 0.15) is 22.9 Å². The lowest BCUT2D eigenvalue weighted by molar-refractivity contribution is -0.118. The summed E-state index contributed by atoms with van der Waals surface area (Å²) in [6.07, 6.45) is 6.67. The van der Waals surface area contributed by atoms with E-state index in [1.165, 1.54) is 23.1 Å². The molecule has 1 aliphatic rings. The normalized spacial score (nSPS) is 15.9. The van der Waals surface area contributed by atoms with E-state index in [1.54, 1.807) is 30.4 Å². The van der Waals surface area contributed by atoms with Crippen LogP contribution in [0.2, 0.25) is 0 Å². The van der Waals surface area contributed by atoms with Gasteiger partial charge in [0.15, 0.2) is 0 Å². The number of aliphatic imine (C=N–C) groups is 1. The Labute approximate surface area is 197 Å². The summed E-state index contributed by atoms with van der Waals surface area (Å²) in [7, 11) is -3.99. The second-order valence-electron chi connectivity index (χ2n) is 8.06. The van der Waals surface area contributed by atoms with E-state index in [0.717, 1.165) is 12.3 Å². The van der Waals surface area contributed by atoms with Gasteiger partial charge in [0.25, 0.3) is 11.8 Å². The zero-order valence-electron chi connectivity index (χ0n) is 18.2. The molecule has 11 heteroatoms. The van der Waals surface area contributed by atoms with Crippen LogP contribution in [-0.4, -0.2) is 37.3 Å². The summed E-state index contributed by atoms with van der Waals surface area (Å²) in [4.78, 5) is 30.0. The maximum Gasteiger partial charge on any atom is 0.281 e. The fourth-order valence-corrected chi connectivity index (χ4v) is 4.77. The third-order valence-electron chi connectivity index (χ3n) is 5.70. The Morgan fingerprint density at radius 1 is 1.20 bits per heavy atom. The molecule has 0 fully saturated rings. The van der Waals surface area contributed by atoms with Crippen molar-refractivity contribution in [3.63, 3.8) is 0 Å². The molecule has 0 spiro atoms. The van der Waals surface area contributed by atoms with Crippen molar-refractivity contribution < 1.29 is 31.2 Å². The van der Waals surface area contributed by atoms with Crippen LogP contribution in [0.4, 0.5) is 8.78 Å². The lowest BCUT2D eigenvalue weighted by Crippen LogP contribution is -2.32. The van der Waals surface area contributed by atoms with Gasteiger partial charge in [-0.3, -0.25) is 9.59 Å². The van der Waals surface area contributed by atoms with Crippen molar-refractivity contribution in [3.05, 3.63) is 83.3 Å². The van der Waals surface area contributed by atoms with Crippen LogP contribution in [0.5, 0.6) is 0 Å². The molecule has 1 aliphatic heterocycles. The first-order chi connectivity index (χ1) is 16.6. The molecular weight excluding hydrogens is 480 g/mol. The quantitative estimate of drug-likeness (QED) is 0.453. The number of amides is 2. The first-order valence-electron chi connectivity index (χ1n) is 10.4. The molecular formula is C24H17F2N3O5S. The van der Waals surface area contributed by atoms with E-state index in [9.17, 15) is 26.8 Å². The minimum Gasteiger partial charge on any atom is -0.464 e. The number of nitrogens with one attached hydrogen (secondary N) is 1. The number of benzene rings is 2. The molecule has 0 aliphatic carbocycles. The Bertz CT molecular complexity index is 1700. The molecule has 2 amide bonds. The minimum atomic E-state index is -3.99. The van der Waals surface area contributed by atoms with Crippen molar-refractivity contribution in [2.24, 2.45) is 4.99 Å². The summed E-state index contributed by atoms with van der Waals surface area (Å²) >= 11 is 0. The van der Waals surface area contributed by atoms with Gasteiger partial charge >= 0.3 is 0 Å². The molecule has 1 unspecified atom stereocenters. The molecule has 178 valence electrons. The van der Waals surface area contributed by atoms with E-state index in [4.69, 9.17) is 4.42 Å². The van der Waals surface area contributed by atoms with Crippen LogP contribution in [0.1, 0.15) is 27.5 Å². The van der Waals surface area contributed by atoms with Crippen LogP contribution in [0.15, 0.2) is 64.2 Å². The predicted octanol–water partition coefficient (Wildman–Crippen LogP) is 3.65. The molecule has 35 heavy (non-hydrogen) atoms. The molecule has 2 aromatic carbocycles. The number of furan rings is 1. The first-order valence-corrected chi connectivity index (χ1v) is 12.3. The standard InChI is InChI=1S/C24H17F2N3O5S/c1-35(32,33)28-24(31)22-21(16-3-2-9-27-23(16)30)20-15-8-10-34-19(15)7-6-18(20)29(22)12-13-4-5-14(25)11-17(13)26/h2-11,16H,12H2,1H3,(H,28,31). The van der Waals surface area contributed by atoms with E-state index in [0.29, 0.717) is 27.9 Å². The average Bonchev–Trinajstić information content (AvgIpc) is 3.37. The largest absolute Gasteiger partial charge is 0.464 e. The van der Waals surface area contributed by atoms with Gasteiger partial charge in [-0.1, -0.05) is 12.1 Å². The van der Waals surface area contributed by atoms with Crippen LogP contribution in [-0.2, 0) is 21.4 Å². The van der Waals surface area contributed by atoms with Gasteiger partial charge in [-0.2, -0.15) is 0 Å². The number of sulfonamides is 1. The van der Waals surface area contributed by atoms with Crippen molar-refractivity contribution in [2.45, 2.75) is 12.5 Å². The number of carbonyl (C=O) groups is 2. The lowest BCUT2D eigenvalue weighted by Gasteiger charge is -2.16.